The van der Waals surface area contributed by atoms with Gasteiger partial charge in [-0.2, -0.15) is 0 Å². The minimum absolute atomic E-state index is 0.429. The summed E-state index contributed by atoms with van der Waals surface area (Å²) in [6.45, 7) is 2.42. The lowest BCUT2D eigenvalue weighted by atomic mass is 10.2. The van der Waals surface area contributed by atoms with Gasteiger partial charge in [0.2, 0.25) is 0 Å². The third-order valence-corrected chi connectivity index (χ3v) is 1.98. The van der Waals surface area contributed by atoms with E-state index in [4.69, 9.17) is 4.74 Å². The Balaban J connectivity index is 1.99. The fourth-order valence-electron chi connectivity index (χ4n) is 1.22. The predicted molar refractivity (Wildman–Crippen MR) is 57.5 cm³/mol. The third kappa shape index (κ3) is 2.77. The van der Waals surface area contributed by atoms with Crippen LogP contribution in [-0.2, 0) is 6.61 Å². The summed E-state index contributed by atoms with van der Waals surface area (Å²) in [5, 5.41) is 0. The van der Waals surface area contributed by atoms with Gasteiger partial charge in [-0.25, -0.2) is 9.97 Å². The molecule has 0 amide bonds. The highest BCUT2D eigenvalue weighted by Gasteiger charge is 1.97. The molecule has 3 heteroatoms. The van der Waals surface area contributed by atoms with Crippen LogP contribution in [-0.4, -0.2) is 9.97 Å². The Morgan fingerprint density at radius 2 is 1.93 bits per heavy atom. The minimum atomic E-state index is 0.429. The first-order chi connectivity index (χ1) is 7.34. The zero-order valence-electron chi connectivity index (χ0n) is 8.55. The van der Waals surface area contributed by atoms with E-state index in [1.165, 1.54) is 0 Å². The molecule has 0 spiro atoms. The van der Waals surface area contributed by atoms with Crippen molar-refractivity contribution in [3.05, 3.63) is 53.9 Å². The highest BCUT2D eigenvalue weighted by molar-refractivity contribution is 5.14. The van der Waals surface area contributed by atoms with E-state index in [0.29, 0.717) is 12.6 Å². The van der Waals surface area contributed by atoms with Crippen molar-refractivity contribution in [2.45, 2.75) is 13.5 Å². The van der Waals surface area contributed by atoms with Crippen LogP contribution >= 0.6 is 0 Å². The van der Waals surface area contributed by atoms with Crippen LogP contribution in [0.2, 0.25) is 0 Å². The summed E-state index contributed by atoms with van der Waals surface area (Å²) in [7, 11) is 0. The highest BCUT2D eigenvalue weighted by Crippen LogP contribution is 2.06. The van der Waals surface area contributed by atoms with E-state index in [-0.39, 0.29) is 0 Å². The molecule has 0 atom stereocenters. The second-order valence-corrected chi connectivity index (χ2v) is 3.25. The summed E-state index contributed by atoms with van der Waals surface area (Å²) in [4.78, 5) is 8.18. The van der Waals surface area contributed by atoms with Gasteiger partial charge in [0.25, 0.3) is 0 Å². The molecule has 0 aliphatic carbocycles. The average Bonchev–Trinajstić information content (AvgIpc) is 2.28. The molecule has 3 nitrogen and oxygen atoms in total. The van der Waals surface area contributed by atoms with Gasteiger partial charge in [0.05, 0.1) is 0 Å². The van der Waals surface area contributed by atoms with E-state index in [1.54, 1.807) is 6.20 Å². The molecule has 2 rings (SSSR count). The summed E-state index contributed by atoms with van der Waals surface area (Å²) in [5.74, 6) is 0. The van der Waals surface area contributed by atoms with Gasteiger partial charge < -0.3 is 4.74 Å². The maximum atomic E-state index is 5.45. The van der Waals surface area contributed by atoms with Crippen molar-refractivity contribution in [2.24, 2.45) is 0 Å². The zero-order valence-corrected chi connectivity index (χ0v) is 8.55. The van der Waals surface area contributed by atoms with Crippen LogP contribution in [0.15, 0.2) is 42.6 Å². The number of ether oxygens (including phenoxy) is 1. The van der Waals surface area contributed by atoms with Crippen molar-refractivity contribution in [1.82, 2.24) is 9.97 Å². The van der Waals surface area contributed by atoms with Crippen LogP contribution in [0.5, 0.6) is 6.01 Å². The molecule has 0 saturated carbocycles. The van der Waals surface area contributed by atoms with Gasteiger partial charge in [-0.1, -0.05) is 30.3 Å². The normalized spacial score (nSPS) is 9.93. The number of aromatic nitrogens is 2. The molecule has 1 aromatic heterocycles. The first-order valence-corrected chi connectivity index (χ1v) is 4.81. The molecule has 0 N–H and O–H groups in total. The quantitative estimate of drug-likeness (QED) is 0.762. The number of benzene rings is 1. The number of hydrogen-bond acceptors (Lipinski definition) is 3. The lowest BCUT2D eigenvalue weighted by Crippen LogP contribution is -1.99. The second-order valence-electron chi connectivity index (χ2n) is 3.25. The van der Waals surface area contributed by atoms with E-state index in [2.05, 4.69) is 9.97 Å². The largest absolute Gasteiger partial charge is 0.459 e. The van der Waals surface area contributed by atoms with Gasteiger partial charge in [-0.3, -0.25) is 0 Å². The van der Waals surface area contributed by atoms with E-state index >= 15 is 0 Å². The molecule has 0 radical (unpaired) electrons. The van der Waals surface area contributed by atoms with Gasteiger partial charge in [0.1, 0.15) is 6.61 Å². The summed E-state index contributed by atoms with van der Waals surface area (Å²) >= 11 is 0. The zero-order chi connectivity index (χ0) is 10.5. The summed E-state index contributed by atoms with van der Waals surface area (Å²) in [5.41, 5.74) is 2.02. The first kappa shape index (κ1) is 9.65. The Kier molecular flexibility index (Phi) is 2.93. The smallest absolute Gasteiger partial charge is 0.316 e. The van der Waals surface area contributed by atoms with Crippen LogP contribution in [0.25, 0.3) is 0 Å². The molecule has 0 bridgehead atoms. The average molecular weight is 200 g/mol. The number of nitrogens with zero attached hydrogens (tertiary/aromatic N) is 2. The predicted octanol–water partition coefficient (Wildman–Crippen LogP) is 2.36. The topological polar surface area (TPSA) is 35.0 Å². The number of hydrogen-bond donors (Lipinski definition) is 0. The molecule has 2 aromatic rings. The maximum Gasteiger partial charge on any atom is 0.316 e. The van der Waals surface area contributed by atoms with Crippen molar-refractivity contribution in [3.8, 4) is 6.01 Å². The molecule has 0 aliphatic heterocycles. The molecule has 0 unspecified atom stereocenters. The van der Waals surface area contributed by atoms with Crippen molar-refractivity contribution in [2.75, 3.05) is 0 Å². The van der Waals surface area contributed by atoms with E-state index in [1.807, 2.05) is 43.3 Å². The summed E-state index contributed by atoms with van der Waals surface area (Å²) in [6.07, 6.45) is 1.70. The Morgan fingerprint density at radius 1 is 1.13 bits per heavy atom. The van der Waals surface area contributed by atoms with Crippen LogP contribution in [0, 0.1) is 6.92 Å². The van der Waals surface area contributed by atoms with Crippen molar-refractivity contribution in [1.29, 1.82) is 0 Å². The molecule has 0 saturated heterocycles. The lowest BCUT2D eigenvalue weighted by Gasteiger charge is -2.03. The van der Waals surface area contributed by atoms with Crippen LogP contribution < -0.4 is 4.74 Å². The molecular weight excluding hydrogens is 188 g/mol. The monoisotopic (exact) mass is 200 g/mol. The van der Waals surface area contributed by atoms with Gasteiger partial charge in [-0.15, -0.1) is 0 Å². The fraction of sp³-hybridized carbons (Fsp3) is 0.167. The van der Waals surface area contributed by atoms with Crippen molar-refractivity contribution >= 4 is 0 Å². The Hall–Kier alpha value is -1.90. The number of aryl methyl sites for hydroxylation is 1. The second kappa shape index (κ2) is 4.55. The Bertz CT molecular complexity index is 429. The summed E-state index contributed by atoms with van der Waals surface area (Å²) < 4.78 is 5.45. The Morgan fingerprint density at radius 3 is 2.67 bits per heavy atom. The minimum Gasteiger partial charge on any atom is -0.459 e. The van der Waals surface area contributed by atoms with Gasteiger partial charge in [0, 0.05) is 11.9 Å². The molecule has 0 aliphatic rings. The summed E-state index contributed by atoms with van der Waals surface area (Å²) in [6, 6.07) is 12.2. The van der Waals surface area contributed by atoms with Crippen LogP contribution in [0.1, 0.15) is 11.3 Å². The van der Waals surface area contributed by atoms with Gasteiger partial charge >= 0.3 is 6.01 Å². The number of rotatable bonds is 3. The van der Waals surface area contributed by atoms with Crippen LogP contribution in [0.4, 0.5) is 0 Å². The Labute approximate surface area is 88.8 Å². The molecule has 1 heterocycles. The third-order valence-electron chi connectivity index (χ3n) is 1.98. The van der Waals surface area contributed by atoms with E-state index in [9.17, 15) is 0 Å². The van der Waals surface area contributed by atoms with Crippen molar-refractivity contribution < 1.29 is 4.74 Å². The SMILES string of the molecule is Cc1ccnc(OCc2ccccc2)n1. The van der Waals surface area contributed by atoms with Gasteiger partial charge in [0.15, 0.2) is 0 Å². The standard InChI is InChI=1S/C12H12N2O/c1-10-7-8-13-12(14-10)15-9-11-5-3-2-4-6-11/h2-8H,9H2,1H3. The van der Waals surface area contributed by atoms with Crippen LogP contribution in [0.3, 0.4) is 0 Å². The van der Waals surface area contributed by atoms with E-state index in [0.717, 1.165) is 11.3 Å². The van der Waals surface area contributed by atoms with Crippen molar-refractivity contribution in [3.63, 3.8) is 0 Å². The fourth-order valence-corrected chi connectivity index (χ4v) is 1.22. The molecular formula is C12H12N2O. The highest BCUT2D eigenvalue weighted by atomic mass is 16.5. The lowest BCUT2D eigenvalue weighted by molar-refractivity contribution is 0.280. The van der Waals surface area contributed by atoms with Gasteiger partial charge in [-0.05, 0) is 18.6 Å². The molecule has 1 aromatic carbocycles. The molecule has 15 heavy (non-hydrogen) atoms. The molecule has 76 valence electrons. The van der Waals surface area contributed by atoms with E-state index < -0.39 is 0 Å². The first-order valence-electron chi connectivity index (χ1n) is 4.81. The maximum absolute atomic E-state index is 5.45. The molecule has 0 fully saturated rings.